The molecule has 0 aromatic carbocycles. The zero-order chi connectivity index (χ0) is 6.78. The monoisotopic (exact) mass is 116 g/mol. The molecule has 0 heterocycles. The van der Waals surface area contributed by atoms with Gasteiger partial charge in [-0.15, -0.1) is 0 Å². The summed E-state index contributed by atoms with van der Waals surface area (Å²) in [5, 5.41) is 8.67. The van der Waals surface area contributed by atoms with Crippen molar-refractivity contribution in [1.29, 1.82) is 0 Å². The molecule has 0 unspecified atom stereocenters. The number of hydrogen-bond acceptors (Lipinski definition) is 2. The van der Waals surface area contributed by atoms with Gasteiger partial charge in [0.05, 0.1) is 0 Å². The van der Waals surface area contributed by atoms with E-state index in [2.05, 4.69) is 0 Å². The van der Waals surface area contributed by atoms with Gasteiger partial charge in [0.15, 0.2) is 0 Å². The van der Waals surface area contributed by atoms with E-state index in [1.165, 1.54) is 0 Å². The standard InChI is InChI=1S/C5H13BO2/c1-5(2,3)8-6(4)7/h7H,1-4H3. The van der Waals surface area contributed by atoms with E-state index >= 15 is 0 Å². The Balaban J connectivity index is 3.39. The highest BCUT2D eigenvalue weighted by Crippen LogP contribution is 2.06. The van der Waals surface area contributed by atoms with Gasteiger partial charge in [-0.3, -0.25) is 0 Å². The van der Waals surface area contributed by atoms with Gasteiger partial charge in [0.2, 0.25) is 0 Å². The summed E-state index contributed by atoms with van der Waals surface area (Å²) in [6.07, 6.45) is 0. The third-order valence-corrected chi connectivity index (χ3v) is 0.524. The summed E-state index contributed by atoms with van der Waals surface area (Å²) < 4.78 is 4.99. The molecule has 48 valence electrons. The van der Waals surface area contributed by atoms with E-state index in [0.29, 0.717) is 0 Å². The smallest absolute Gasteiger partial charge is 0.427 e. The zero-order valence-electron chi connectivity index (χ0n) is 5.93. The van der Waals surface area contributed by atoms with E-state index in [-0.39, 0.29) is 5.60 Å². The van der Waals surface area contributed by atoms with Crippen LogP contribution in [0.25, 0.3) is 0 Å². The van der Waals surface area contributed by atoms with Crippen LogP contribution in [0, 0.1) is 0 Å². The molecule has 0 aromatic heterocycles. The Bertz CT molecular complexity index is 65.3. The molecule has 0 radical (unpaired) electrons. The van der Waals surface area contributed by atoms with Crippen molar-refractivity contribution in [3.05, 3.63) is 0 Å². The lowest BCUT2D eigenvalue weighted by Crippen LogP contribution is -2.28. The van der Waals surface area contributed by atoms with Crippen molar-refractivity contribution >= 4 is 7.12 Å². The molecule has 1 N–H and O–H groups in total. The number of hydrogen-bond donors (Lipinski definition) is 1. The molecule has 0 saturated carbocycles. The van der Waals surface area contributed by atoms with Crippen LogP contribution in [-0.2, 0) is 4.65 Å². The summed E-state index contributed by atoms with van der Waals surface area (Å²) in [6, 6.07) is 0. The molecule has 0 atom stereocenters. The Hall–Kier alpha value is -0.0151. The summed E-state index contributed by atoms with van der Waals surface area (Å²) in [5.74, 6) is 0. The first kappa shape index (κ1) is 7.98. The molecule has 3 heteroatoms. The first-order valence-electron chi connectivity index (χ1n) is 2.78. The van der Waals surface area contributed by atoms with Crippen LogP contribution in [0.2, 0.25) is 6.82 Å². The van der Waals surface area contributed by atoms with Crippen molar-refractivity contribution in [3.8, 4) is 0 Å². The lowest BCUT2D eigenvalue weighted by molar-refractivity contribution is 0.104. The van der Waals surface area contributed by atoms with Crippen molar-refractivity contribution < 1.29 is 9.68 Å². The van der Waals surface area contributed by atoms with Crippen LogP contribution in [-0.4, -0.2) is 17.7 Å². The molecular weight excluding hydrogens is 103 g/mol. The molecule has 0 aromatic rings. The minimum absolute atomic E-state index is 0.228. The molecule has 8 heavy (non-hydrogen) atoms. The average molecular weight is 116 g/mol. The van der Waals surface area contributed by atoms with Crippen molar-refractivity contribution in [2.24, 2.45) is 0 Å². The van der Waals surface area contributed by atoms with Crippen LogP contribution < -0.4 is 0 Å². The Labute approximate surface area is 51.0 Å². The van der Waals surface area contributed by atoms with E-state index in [4.69, 9.17) is 9.68 Å². The Morgan fingerprint density at radius 1 is 1.38 bits per heavy atom. The quantitative estimate of drug-likeness (QED) is 0.516. The van der Waals surface area contributed by atoms with Crippen molar-refractivity contribution in [1.82, 2.24) is 0 Å². The Morgan fingerprint density at radius 2 is 1.75 bits per heavy atom. The largest absolute Gasteiger partial charge is 0.451 e. The van der Waals surface area contributed by atoms with Gasteiger partial charge >= 0.3 is 7.12 Å². The van der Waals surface area contributed by atoms with Gasteiger partial charge in [-0.25, -0.2) is 0 Å². The SMILES string of the molecule is CB(O)OC(C)(C)C. The van der Waals surface area contributed by atoms with Gasteiger partial charge in [0.1, 0.15) is 0 Å². The van der Waals surface area contributed by atoms with E-state index in [9.17, 15) is 0 Å². The average Bonchev–Trinajstić information content (AvgIpc) is 1.21. The van der Waals surface area contributed by atoms with Crippen LogP contribution in [0.4, 0.5) is 0 Å². The van der Waals surface area contributed by atoms with Gasteiger partial charge in [-0.05, 0) is 27.6 Å². The van der Waals surface area contributed by atoms with Gasteiger partial charge in [-0.2, -0.15) is 0 Å². The molecule has 0 rings (SSSR count). The van der Waals surface area contributed by atoms with E-state index < -0.39 is 7.12 Å². The van der Waals surface area contributed by atoms with Crippen LogP contribution in [0.15, 0.2) is 0 Å². The molecule has 0 saturated heterocycles. The van der Waals surface area contributed by atoms with Gasteiger partial charge in [-0.1, -0.05) is 0 Å². The summed E-state index contributed by atoms with van der Waals surface area (Å²) in [5.41, 5.74) is -0.228. The maximum atomic E-state index is 8.67. The topological polar surface area (TPSA) is 29.5 Å². The molecular formula is C5H13BO2. The molecule has 0 aliphatic rings. The normalized spacial score (nSPS) is 11.6. The summed E-state index contributed by atoms with van der Waals surface area (Å²) in [7, 11) is -0.657. The minimum atomic E-state index is -0.657. The van der Waals surface area contributed by atoms with Gasteiger partial charge in [0, 0.05) is 5.60 Å². The first-order valence-corrected chi connectivity index (χ1v) is 2.78. The highest BCUT2D eigenvalue weighted by molar-refractivity contribution is 6.40. The highest BCUT2D eigenvalue weighted by atomic mass is 16.5. The maximum absolute atomic E-state index is 8.67. The molecule has 0 fully saturated rings. The third-order valence-electron chi connectivity index (χ3n) is 0.524. The molecule has 0 aliphatic carbocycles. The molecule has 0 aliphatic heterocycles. The second-order valence-corrected chi connectivity index (χ2v) is 2.83. The second-order valence-electron chi connectivity index (χ2n) is 2.83. The highest BCUT2D eigenvalue weighted by Gasteiger charge is 2.15. The summed E-state index contributed by atoms with van der Waals surface area (Å²) >= 11 is 0. The summed E-state index contributed by atoms with van der Waals surface area (Å²) in [6.45, 7) is 7.31. The van der Waals surface area contributed by atoms with Crippen molar-refractivity contribution in [2.75, 3.05) is 0 Å². The fraction of sp³-hybridized carbons (Fsp3) is 1.00. The minimum Gasteiger partial charge on any atom is -0.427 e. The Morgan fingerprint density at radius 3 is 1.75 bits per heavy atom. The molecule has 2 nitrogen and oxygen atoms in total. The zero-order valence-corrected chi connectivity index (χ0v) is 5.93. The van der Waals surface area contributed by atoms with E-state index in [0.717, 1.165) is 0 Å². The maximum Gasteiger partial charge on any atom is 0.451 e. The lowest BCUT2D eigenvalue weighted by atomic mass is 9.94. The summed E-state index contributed by atoms with van der Waals surface area (Å²) in [4.78, 5) is 0. The number of rotatable bonds is 1. The molecule has 0 amide bonds. The molecule has 0 spiro atoms. The Kier molecular flexibility index (Phi) is 2.50. The predicted molar refractivity (Wildman–Crippen MR) is 34.7 cm³/mol. The van der Waals surface area contributed by atoms with Crippen molar-refractivity contribution in [2.45, 2.75) is 33.2 Å². The molecule has 0 bridgehead atoms. The third kappa shape index (κ3) is 5.98. The fourth-order valence-electron chi connectivity index (χ4n) is 0.512. The predicted octanol–water partition coefficient (Wildman–Crippen LogP) is 0.912. The second kappa shape index (κ2) is 2.51. The lowest BCUT2D eigenvalue weighted by Gasteiger charge is -2.20. The fourth-order valence-corrected chi connectivity index (χ4v) is 0.512. The van der Waals surface area contributed by atoms with Crippen LogP contribution >= 0.6 is 0 Å². The van der Waals surface area contributed by atoms with E-state index in [1.807, 2.05) is 20.8 Å². The van der Waals surface area contributed by atoms with Gasteiger partial charge < -0.3 is 9.68 Å². The first-order chi connectivity index (χ1) is 3.42. The van der Waals surface area contributed by atoms with Crippen LogP contribution in [0.5, 0.6) is 0 Å². The van der Waals surface area contributed by atoms with Crippen LogP contribution in [0.3, 0.4) is 0 Å². The van der Waals surface area contributed by atoms with Crippen molar-refractivity contribution in [3.63, 3.8) is 0 Å². The van der Waals surface area contributed by atoms with Gasteiger partial charge in [0.25, 0.3) is 0 Å². The van der Waals surface area contributed by atoms with E-state index in [1.54, 1.807) is 6.82 Å². The van der Waals surface area contributed by atoms with Crippen LogP contribution in [0.1, 0.15) is 20.8 Å².